The number of amides is 2. The number of nitrogens with two attached hydrogens (primary N) is 1. The van der Waals surface area contributed by atoms with Crippen LogP contribution in [0.4, 0.5) is 4.79 Å². The molecule has 1 aliphatic heterocycles. The second kappa shape index (κ2) is 2.96. The lowest BCUT2D eigenvalue weighted by molar-refractivity contribution is 0.135. The first-order chi connectivity index (χ1) is 5.79. The van der Waals surface area contributed by atoms with Crippen LogP contribution in [-0.4, -0.2) is 23.5 Å². The SMILES string of the molecule is NC(=O)N1CCCC2CCCC21. The highest BCUT2D eigenvalue weighted by Crippen LogP contribution is 2.36. The monoisotopic (exact) mass is 168 g/mol. The van der Waals surface area contributed by atoms with Crippen molar-refractivity contribution in [3.05, 3.63) is 0 Å². The summed E-state index contributed by atoms with van der Waals surface area (Å²) < 4.78 is 0. The summed E-state index contributed by atoms with van der Waals surface area (Å²) in [6.07, 6.45) is 6.19. The average Bonchev–Trinajstić information content (AvgIpc) is 2.49. The minimum atomic E-state index is -0.216. The molecule has 2 amide bonds. The molecule has 2 rings (SSSR count). The molecule has 3 heteroatoms. The quantitative estimate of drug-likeness (QED) is 0.582. The van der Waals surface area contributed by atoms with Gasteiger partial charge in [0, 0.05) is 12.6 Å². The van der Waals surface area contributed by atoms with E-state index in [0.29, 0.717) is 6.04 Å². The first-order valence-electron chi connectivity index (χ1n) is 4.85. The van der Waals surface area contributed by atoms with Gasteiger partial charge in [-0.3, -0.25) is 0 Å². The number of primary amides is 1. The lowest BCUT2D eigenvalue weighted by Gasteiger charge is -2.36. The fraction of sp³-hybridized carbons (Fsp3) is 0.889. The summed E-state index contributed by atoms with van der Waals surface area (Å²) in [6, 6.07) is 0.267. The van der Waals surface area contributed by atoms with Gasteiger partial charge in [0.25, 0.3) is 0 Å². The largest absolute Gasteiger partial charge is 0.351 e. The Morgan fingerprint density at radius 2 is 2.00 bits per heavy atom. The first-order valence-corrected chi connectivity index (χ1v) is 4.85. The van der Waals surface area contributed by atoms with E-state index in [1.54, 1.807) is 0 Å². The van der Waals surface area contributed by atoms with Crippen molar-refractivity contribution < 1.29 is 4.79 Å². The van der Waals surface area contributed by atoms with E-state index in [2.05, 4.69) is 0 Å². The van der Waals surface area contributed by atoms with E-state index in [4.69, 9.17) is 5.73 Å². The van der Waals surface area contributed by atoms with Crippen molar-refractivity contribution in [1.82, 2.24) is 4.90 Å². The zero-order valence-electron chi connectivity index (χ0n) is 7.33. The van der Waals surface area contributed by atoms with Crippen molar-refractivity contribution in [1.29, 1.82) is 0 Å². The highest BCUT2D eigenvalue weighted by Gasteiger charge is 2.36. The molecule has 2 fully saturated rings. The molecule has 12 heavy (non-hydrogen) atoms. The van der Waals surface area contributed by atoms with E-state index in [0.717, 1.165) is 18.9 Å². The third-order valence-electron chi connectivity index (χ3n) is 3.28. The summed E-state index contributed by atoms with van der Waals surface area (Å²) in [6.45, 7) is 0.885. The minimum Gasteiger partial charge on any atom is -0.351 e. The molecule has 0 aromatic heterocycles. The molecule has 1 saturated carbocycles. The Morgan fingerprint density at radius 1 is 1.25 bits per heavy atom. The summed E-state index contributed by atoms with van der Waals surface area (Å²) in [5.74, 6) is 0.756. The fourth-order valence-electron chi connectivity index (χ4n) is 2.73. The Balaban J connectivity index is 2.08. The number of hydrogen-bond donors (Lipinski definition) is 1. The van der Waals surface area contributed by atoms with Crippen LogP contribution in [-0.2, 0) is 0 Å². The second-order valence-corrected chi connectivity index (χ2v) is 3.93. The Bertz CT molecular complexity index is 193. The highest BCUT2D eigenvalue weighted by atomic mass is 16.2. The lowest BCUT2D eigenvalue weighted by atomic mass is 9.92. The Labute approximate surface area is 72.9 Å². The maximum Gasteiger partial charge on any atom is 0.315 e. The molecular weight excluding hydrogens is 152 g/mol. The van der Waals surface area contributed by atoms with Crippen LogP contribution in [0.25, 0.3) is 0 Å². The maximum absolute atomic E-state index is 11.0. The number of carbonyl (C=O) groups is 1. The first kappa shape index (κ1) is 7.90. The van der Waals surface area contributed by atoms with Crippen molar-refractivity contribution in [2.45, 2.75) is 38.1 Å². The van der Waals surface area contributed by atoms with Crippen molar-refractivity contribution in [2.75, 3.05) is 6.54 Å². The molecule has 2 N–H and O–H groups in total. The number of carbonyl (C=O) groups excluding carboxylic acids is 1. The fourth-order valence-corrected chi connectivity index (χ4v) is 2.73. The van der Waals surface area contributed by atoms with Gasteiger partial charge in [-0.05, 0) is 31.6 Å². The van der Waals surface area contributed by atoms with Gasteiger partial charge in [-0.2, -0.15) is 0 Å². The zero-order valence-corrected chi connectivity index (χ0v) is 7.33. The van der Waals surface area contributed by atoms with Crippen molar-refractivity contribution in [3.63, 3.8) is 0 Å². The average molecular weight is 168 g/mol. The molecule has 0 spiro atoms. The Kier molecular flexibility index (Phi) is 1.95. The van der Waals surface area contributed by atoms with Gasteiger partial charge in [-0.15, -0.1) is 0 Å². The van der Waals surface area contributed by atoms with Crippen LogP contribution >= 0.6 is 0 Å². The molecule has 2 aliphatic rings. The molecule has 0 aromatic rings. The van der Waals surface area contributed by atoms with E-state index in [1.165, 1.54) is 25.7 Å². The Hall–Kier alpha value is -0.730. The molecular formula is C9H16N2O. The number of piperidine rings is 1. The van der Waals surface area contributed by atoms with Gasteiger partial charge in [0.1, 0.15) is 0 Å². The predicted molar refractivity (Wildman–Crippen MR) is 46.7 cm³/mol. The molecule has 0 radical (unpaired) electrons. The summed E-state index contributed by atoms with van der Waals surface area (Å²) >= 11 is 0. The lowest BCUT2D eigenvalue weighted by Crippen LogP contribution is -2.48. The van der Waals surface area contributed by atoms with Crippen molar-refractivity contribution in [2.24, 2.45) is 11.7 Å². The number of fused-ring (bicyclic) bond motifs is 1. The maximum atomic E-state index is 11.0. The van der Waals surface area contributed by atoms with Gasteiger partial charge >= 0.3 is 6.03 Å². The van der Waals surface area contributed by atoms with Crippen LogP contribution in [0.1, 0.15) is 32.1 Å². The van der Waals surface area contributed by atoms with E-state index in [9.17, 15) is 4.79 Å². The smallest absolute Gasteiger partial charge is 0.315 e. The number of nitrogens with zero attached hydrogens (tertiary/aromatic N) is 1. The second-order valence-electron chi connectivity index (χ2n) is 3.93. The zero-order chi connectivity index (χ0) is 8.55. The van der Waals surface area contributed by atoms with E-state index >= 15 is 0 Å². The molecule has 1 saturated heterocycles. The van der Waals surface area contributed by atoms with Crippen molar-refractivity contribution >= 4 is 6.03 Å². The number of likely N-dealkylation sites (tertiary alicyclic amines) is 1. The van der Waals surface area contributed by atoms with Crippen LogP contribution < -0.4 is 5.73 Å². The van der Waals surface area contributed by atoms with Crippen LogP contribution in [0.5, 0.6) is 0 Å². The van der Waals surface area contributed by atoms with Crippen LogP contribution in [0.2, 0.25) is 0 Å². The number of hydrogen-bond acceptors (Lipinski definition) is 1. The summed E-state index contributed by atoms with van der Waals surface area (Å²) in [5.41, 5.74) is 5.31. The van der Waals surface area contributed by atoms with E-state index < -0.39 is 0 Å². The van der Waals surface area contributed by atoms with Gasteiger partial charge < -0.3 is 10.6 Å². The Morgan fingerprint density at radius 3 is 2.75 bits per heavy atom. The highest BCUT2D eigenvalue weighted by molar-refractivity contribution is 5.72. The van der Waals surface area contributed by atoms with E-state index in [1.807, 2.05) is 4.90 Å². The number of urea groups is 1. The van der Waals surface area contributed by atoms with Gasteiger partial charge in [-0.25, -0.2) is 4.79 Å². The molecule has 68 valence electrons. The molecule has 1 heterocycles. The molecule has 2 unspecified atom stereocenters. The standard InChI is InChI=1S/C9H16N2O/c10-9(12)11-6-2-4-7-3-1-5-8(7)11/h7-8H,1-6H2,(H2,10,12). The normalized spacial score (nSPS) is 34.8. The van der Waals surface area contributed by atoms with Gasteiger partial charge in [-0.1, -0.05) is 6.42 Å². The predicted octanol–water partition coefficient (Wildman–Crippen LogP) is 1.33. The van der Waals surface area contributed by atoms with Gasteiger partial charge in [0.05, 0.1) is 0 Å². The summed E-state index contributed by atoms with van der Waals surface area (Å²) in [7, 11) is 0. The summed E-state index contributed by atoms with van der Waals surface area (Å²) in [5, 5.41) is 0. The number of rotatable bonds is 0. The van der Waals surface area contributed by atoms with Gasteiger partial charge in [0.2, 0.25) is 0 Å². The molecule has 0 aromatic carbocycles. The third-order valence-corrected chi connectivity index (χ3v) is 3.28. The molecule has 0 bridgehead atoms. The van der Waals surface area contributed by atoms with Gasteiger partial charge in [0.15, 0.2) is 0 Å². The van der Waals surface area contributed by atoms with E-state index in [-0.39, 0.29) is 6.03 Å². The molecule has 3 nitrogen and oxygen atoms in total. The van der Waals surface area contributed by atoms with Crippen LogP contribution in [0.15, 0.2) is 0 Å². The van der Waals surface area contributed by atoms with Crippen LogP contribution in [0, 0.1) is 5.92 Å². The molecule has 2 atom stereocenters. The van der Waals surface area contributed by atoms with Crippen molar-refractivity contribution in [3.8, 4) is 0 Å². The van der Waals surface area contributed by atoms with Crippen LogP contribution in [0.3, 0.4) is 0 Å². The topological polar surface area (TPSA) is 46.3 Å². The summed E-state index contributed by atoms with van der Waals surface area (Å²) in [4.78, 5) is 12.9. The third kappa shape index (κ3) is 1.17. The minimum absolute atomic E-state index is 0.216. The molecule has 1 aliphatic carbocycles.